The third kappa shape index (κ3) is 2.72. The molecule has 0 atom stereocenters. The summed E-state index contributed by atoms with van der Waals surface area (Å²) in [5.41, 5.74) is -0.381. The molecule has 6 heteroatoms. The number of carbonyl (C=O) groups is 2. The molecule has 1 aromatic carbocycles. The van der Waals surface area contributed by atoms with Gasteiger partial charge in [-0.25, -0.2) is 8.78 Å². The van der Waals surface area contributed by atoms with Crippen LogP contribution in [-0.2, 0) is 4.79 Å². The molecule has 4 nitrogen and oxygen atoms in total. The molecule has 0 spiro atoms. The second-order valence-electron chi connectivity index (χ2n) is 4.34. The molecule has 1 aromatic rings. The van der Waals surface area contributed by atoms with Gasteiger partial charge < -0.3 is 9.64 Å². The van der Waals surface area contributed by atoms with E-state index in [0.29, 0.717) is 19.4 Å². The van der Waals surface area contributed by atoms with E-state index in [2.05, 4.69) is 4.74 Å². The Morgan fingerprint density at radius 3 is 2.68 bits per heavy atom. The number of hydrogen-bond donors (Lipinski definition) is 0. The summed E-state index contributed by atoms with van der Waals surface area (Å²) in [4.78, 5) is 24.6. The number of nitrogens with zero attached hydrogens (tertiary/aromatic N) is 1. The van der Waals surface area contributed by atoms with Crippen molar-refractivity contribution < 1.29 is 23.1 Å². The van der Waals surface area contributed by atoms with Gasteiger partial charge in [0, 0.05) is 19.0 Å². The van der Waals surface area contributed by atoms with Gasteiger partial charge >= 0.3 is 0 Å². The maximum absolute atomic E-state index is 13.7. The number of piperidine rings is 1. The molecule has 2 rings (SSSR count). The summed E-state index contributed by atoms with van der Waals surface area (Å²) in [7, 11) is 1.21. The Morgan fingerprint density at radius 1 is 1.32 bits per heavy atom. The van der Waals surface area contributed by atoms with Gasteiger partial charge in [0.05, 0.1) is 19.2 Å². The Labute approximate surface area is 109 Å². The number of ether oxygens (including phenoxy) is 1. The number of Topliss-reactive ketones (excluding diaryl/α,β-unsaturated/α-hetero) is 1. The van der Waals surface area contributed by atoms with E-state index >= 15 is 0 Å². The monoisotopic (exact) mass is 269 g/mol. The lowest BCUT2D eigenvalue weighted by Crippen LogP contribution is -2.40. The summed E-state index contributed by atoms with van der Waals surface area (Å²) in [5.74, 6) is -2.68. The topological polar surface area (TPSA) is 46.6 Å². The number of rotatable bonds is 2. The van der Waals surface area contributed by atoms with E-state index in [1.807, 2.05) is 0 Å². The Balaban J connectivity index is 2.28. The van der Waals surface area contributed by atoms with E-state index in [0.717, 1.165) is 12.1 Å². The average molecular weight is 269 g/mol. The SMILES string of the molecule is COc1cc(F)c(C(=O)N2CCCC(=O)C2)cc1F. The standard InChI is InChI=1S/C13H13F2NO3/c1-19-12-6-10(14)9(5-11(12)15)13(18)16-4-2-3-8(17)7-16/h5-6H,2-4,7H2,1H3. The van der Waals surface area contributed by atoms with Crippen LogP contribution in [0.1, 0.15) is 23.2 Å². The van der Waals surface area contributed by atoms with Crippen molar-refractivity contribution in [3.8, 4) is 5.75 Å². The highest BCUT2D eigenvalue weighted by Crippen LogP contribution is 2.23. The van der Waals surface area contributed by atoms with Crippen LogP contribution in [0.25, 0.3) is 0 Å². The normalized spacial score (nSPS) is 15.5. The number of amides is 1. The number of ketones is 1. The predicted molar refractivity (Wildman–Crippen MR) is 63.1 cm³/mol. The highest BCUT2D eigenvalue weighted by molar-refractivity contribution is 5.97. The van der Waals surface area contributed by atoms with Crippen LogP contribution in [0, 0.1) is 11.6 Å². The van der Waals surface area contributed by atoms with Crippen LogP contribution in [0.2, 0.25) is 0 Å². The summed E-state index contributed by atoms with van der Waals surface area (Å²) in [6.45, 7) is 0.323. The minimum Gasteiger partial charge on any atom is -0.494 e. The summed E-state index contributed by atoms with van der Waals surface area (Å²) < 4.78 is 31.9. The summed E-state index contributed by atoms with van der Waals surface area (Å²) in [6.07, 6.45) is 0.966. The maximum atomic E-state index is 13.7. The minimum atomic E-state index is -0.860. The third-order valence-electron chi connectivity index (χ3n) is 3.01. The van der Waals surface area contributed by atoms with Crippen molar-refractivity contribution in [3.63, 3.8) is 0 Å². The first kappa shape index (κ1) is 13.5. The van der Waals surface area contributed by atoms with Gasteiger partial charge in [-0.15, -0.1) is 0 Å². The number of methoxy groups -OCH3 is 1. The number of likely N-dealkylation sites (tertiary alicyclic amines) is 1. The molecule has 19 heavy (non-hydrogen) atoms. The van der Waals surface area contributed by atoms with E-state index in [1.54, 1.807) is 0 Å². The van der Waals surface area contributed by atoms with Gasteiger partial charge in [0.1, 0.15) is 5.82 Å². The highest BCUT2D eigenvalue weighted by atomic mass is 19.1. The first-order chi connectivity index (χ1) is 9.02. The molecule has 0 saturated carbocycles. The van der Waals surface area contributed by atoms with Gasteiger partial charge in [-0.3, -0.25) is 9.59 Å². The second kappa shape index (κ2) is 5.34. The van der Waals surface area contributed by atoms with Crippen LogP contribution in [0.5, 0.6) is 5.75 Å². The van der Waals surface area contributed by atoms with Crippen molar-refractivity contribution in [1.29, 1.82) is 0 Å². The molecule has 102 valence electrons. The third-order valence-corrected chi connectivity index (χ3v) is 3.01. The van der Waals surface area contributed by atoms with Crippen LogP contribution in [0.3, 0.4) is 0 Å². The van der Waals surface area contributed by atoms with Crippen LogP contribution in [0.15, 0.2) is 12.1 Å². The van der Waals surface area contributed by atoms with Crippen LogP contribution in [0.4, 0.5) is 8.78 Å². The fraction of sp³-hybridized carbons (Fsp3) is 0.385. The van der Waals surface area contributed by atoms with E-state index in [9.17, 15) is 18.4 Å². The number of benzene rings is 1. The molecule has 1 amide bonds. The molecular formula is C13H13F2NO3. The van der Waals surface area contributed by atoms with Crippen molar-refractivity contribution in [2.75, 3.05) is 20.2 Å². The summed E-state index contributed by atoms with van der Waals surface area (Å²) in [6, 6.07) is 1.63. The molecule has 1 heterocycles. The quantitative estimate of drug-likeness (QED) is 0.822. The van der Waals surface area contributed by atoms with Crippen LogP contribution < -0.4 is 4.74 Å². The Bertz CT molecular complexity index is 531. The Hall–Kier alpha value is -1.98. The summed E-state index contributed by atoms with van der Waals surface area (Å²) >= 11 is 0. The lowest BCUT2D eigenvalue weighted by atomic mass is 10.1. The Kier molecular flexibility index (Phi) is 3.78. The number of halogens is 2. The van der Waals surface area contributed by atoms with Gasteiger partial charge in [-0.05, 0) is 12.5 Å². The fourth-order valence-electron chi connectivity index (χ4n) is 2.03. The molecule has 0 aromatic heterocycles. The van der Waals surface area contributed by atoms with Gasteiger partial charge in [-0.1, -0.05) is 0 Å². The molecule has 1 fully saturated rings. The molecule has 0 bridgehead atoms. The molecule has 0 unspecified atom stereocenters. The maximum Gasteiger partial charge on any atom is 0.257 e. The molecule has 1 aliphatic rings. The summed E-state index contributed by atoms with van der Waals surface area (Å²) in [5, 5.41) is 0. The smallest absolute Gasteiger partial charge is 0.257 e. The van der Waals surface area contributed by atoms with Gasteiger partial charge in [0.25, 0.3) is 5.91 Å². The van der Waals surface area contributed by atoms with Crippen LogP contribution in [-0.4, -0.2) is 36.8 Å². The first-order valence-corrected chi connectivity index (χ1v) is 5.87. The highest BCUT2D eigenvalue weighted by Gasteiger charge is 2.25. The second-order valence-corrected chi connectivity index (χ2v) is 4.34. The van der Waals surface area contributed by atoms with Gasteiger partial charge in [0.15, 0.2) is 17.3 Å². The van der Waals surface area contributed by atoms with E-state index in [-0.39, 0.29) is 23.6 Å². The van der Waals surface area contributed by atoms with Crippen molar-refractivity contribution in [2.24, 2.45) is 0 Å². The lowest BCUT2D eigenvalue weighted by molar-refractivity contribution is -0.121. The van der Waals surface area contributed by atoms with Crippen molar-refractivity contribution in [2.45, 2.75) is 12.8 Å². The zero-order valence-corrected chi connectivity index (χ0v) is 10.4. The first-order valence-electron chi connectivity index (χ1n) is 5.87. The Morgan fingerprint density at radius 2 is 2.05 bits per heavy atom. The van der Waals surface area contributed by atoms with Crippen LogP contribution >= 0.6 is 0 Å². The van der Waals surface area contributed by atoms with Gasteiger partial charge in [0.2, 0.25) is 0 Å². The van der Waals surface area contributed by atoms with E-state index < -0.39 is 17.5 Å². The number of hydrogen-bond acceptors (Lipinski definition) is 3. The lowest BCUT2D eigenvalue weighted by Gasteiger charge is -2.26. The predicted octanol–water partition coefficient (Wildman–Crippen LogP) is 1.78. The molecule has 1 aliphatic heterocycles. The van der Waals surface area contributed by atoms with Crippen molar-refractivity contribution >= 4 is 11.7 Å². The number of carbonyl (C=O) groups excluding carboxylic acids is 2. The molecular weight excluding hydrogens is 256 g/mol. The van der Waals surface area contributed by atoms with Gasteiger partial charge in [-0.2, -0.15) is 0 Å². The average Bonchev–Trinajstić information content (AvgIpc) is 2.40. The van der Waals surface area contributed by atoms with E-state index in [4.69, 9.17) is 0 Å². The molecule has 1 saturated heterocycles. The van der Waals surface area contributed by atoms with Crippen molar-refractivity contribution in [3.05, 3.63) is 29.3 Å². The molecule has 0 radical (unpaired) electrons. The van der Waals surface area contributed by atoms with Crippen molar-refractivity contribution in [1.82, 2.24) is 4.90 Å². The zero-order chi connectivity index (χ0) is 14.0. The fourth-order valence-corrected chi connectivity index (χ4v) is 2.03. The zero-order valence-electron chi connectivity index (χ0n) is 10.4. The van der Waals surface area contributed by atoms with E-state index in [1.165, 1.54) is 12.0 Å². The molecule has 0 aliphatic carbocycles. The molecule has 0 N–H and O–H groups in total. The largest absolute Gasteiger partial charge is 0.494 e. The minimum absolute atomic E-state index is 0.0497.